The lowest BCUT2D eigenvalue weighted by Crippen LogP contribution is -2.36. The van der Waals surface area contributed by atoms with E-state index in [1.807, 2.05) is 0 Å². The summed E-state index contributed by atoms with van der Waals surface area (Å²) in [6, 6.07) is 6.92. The van der Waals surface area contributed by atoms with E-state index in [1.165, 1.54) is 23.1 Å². The topological polar surface area (TPSA) is 65.5 Å². The first-order valence-electron chi connectivity index (χ1n) is 6.81. The van der Waals surface area contributed by atoms with Crippen LogP contribution in [0, 0.1) is 5.82 Å². The van der Waals surface area contributed by atoms with Crippen LogP contribution in [0.4, 0.5) is 10.2 Å². The average Bonchev–Trinajstić information content (AvgIpc) is 2.49. The van der Waals surface area contributed by atoms with E-state index in [0.29, 0.717) is 5.56 Å². The number of carbonyl (C=O) groups is 1. The van der Waals surface area contributed by atoms with Crippen LogP contribution in [0.5, 0.6) is 5.75 Å². The zero-order chi connectivity index (χ0) is 16.3. The van der Waals surface area contributed by atoms with Crippen molar-refractivity contribution in [3.05, 3.63) is 42.3 Å². The van der Waals surface area contributed by atoms with Crippen molar-refractivity contribution in [2.24, 2.45) is 0 Å². The largest absolute Gasteiger partial charge is 0.504 e. The van der Waals surface area contributed by atoms with E-state index >= 15 is 0 Å². The lowest BCUT2D eigenvalue weighted by molar-refractivity contribution is -0.129. The third kappa shape index (κ3) is 3.52. The normalized spacial score (nSPS) is 11.8. The fraction of sp³-hybridized carbons (Fsp3) is 0.250. The predicted molar refractivity (Wildman–Crippen MR) is 83.1 cm³/mol. The fourth-order valence-corrected chi connectivity index (χ4v) is 2.02. The minimum atomic E-state index is -0.509. The van der Waals surface area contributed by atoms with Gasteiger partial charge in [-0.3, -0.25) is 4.79 Å². The number of aromatic nitrogens is 1. The summed E-state index contributed by atoms with van der Waals surface area (Å²) in [6.07, 6.45) is 1.56. The number of aromatic hydroxyl groups is 1. The molecule has 2 aromatic rings. The van der Waals surface area contributed by atoms with Crippen LogP contribution in [-0.4, -0.2) is 41.0 Å². The molecule has 0 aliphatic heterocycles. The van der Waals surface area contributed by atoms with E-state index in [1.54, 1.807) is 39.3 Å². The molecule has 1 aromatic carbocycles. The zero-order valence-corrected chi connectivity index (χ0v) is 12.7. The summed E-state index contributed by atoms with van der Waals surface area (Å²) < 4.78 is 12.9. The smallest absolute Gasteiger partial charge is 0.244 e. The van der Waals surface area contributed by atoms with Gasteiger partial charge in [-0.25, -0.2) is 9.37 Å². The maximum absolute atomic E-state index is 12.9. The molecule has 116 valence electrons. The van der Waals surface area contributed by atoms with Crippen LogP contribution in [-0.2, 0) is 4.79 Å². The second kappa shape index (κ2) is 6.43. The molecule has 1 heterocycles. The summed E-state index contributed by atoms with van der Waals surface area (Å²) in [5.41, 5.74) is 1.41. The minimum Gasteiger partial charge on any atom is -0.504 e. The molecule has 1 unspecified atom stereocenters. The fourth-order valence-electron chi connectivity index (χ4n) is 2.02. The second-order valence-corrected chi connectivity index (χ2v) is 5.20. The number of pyridine rings is 1. The SMILES string of the molecule is CC(Nc1ncc(-c2ccc(F)cc2)cc1O)C(=O)N(C)C. The number of nitrogens with one attached hydrogen (secondary N) is 1. The molecular weight excluding hydrogens is 285 g/mol. The maximum Gasteiger partial charge on any atom is 0.244 e. The molecule has 0 aliphatic carbocycles. The molecule has 1 aromatic heterocycles. The van der Waals surface area contributed by atoms with Crippen LogP contribution >= 0.6 is 0 Å². The Bertz CT molecular complexity index is 672. The summed E-state index contributed by atoms with van der Waals surface area (Å²) in [6.45, 7) is 1.69. The third-order valence-electron chi connectivity index (χ3n) is 3.21. The number of benzene rings is 1. The number of carbonyl (C=O) groups excluding carboxylic acids is 1. The van der Waals surface area contributed by atoms with Crippen LogP contribution < -0.4 is 5.32 Å². The number of hydrogen-bond acceptors (Lipinski definition) is 4. The molecule has 2 N–H and O–H groups in total. The van der Waals surface area contributed by atoms with Crippen molar-refractivity contribution >= 4 is 11.7 Å². The molecule has 0 saturated heterocycles. The number of amides is 1. The van der Waals surface area contributed by atoms with Gasteiger partial charge in [0.2, 0.25) is 5.91 Å². The monoisotopic (exact) mass is 303 g/mol. The molecule has 0 saturated carbocycles. The highest BCUT2D eigenvalue weighted by molar-refractivity contribution is 5.84. The number of halogens is 1. The van der Waals surface area contributed by atoms with Crippen LogP contribution in [0.25, 0.3) is 11.1 Å². The van der Waals surface area contributed by atoms with Gasteiger partial charge in [-0.15, -0.1) is 0 Å². The Balaban J connectivity index is 2.19. The van der Waals surface area contributed by atoms with Crippen molar-refractivity contribution in [2.75, 3.05) is 19.4 Å². The summed E-state index contributed by atoms with van der Waals surface area (Å²) in [5, 5.41) is 12.9. The predicted octanol–water partition coefficient (Wildman–Crippen LogP) is 2.48. The lowest BCUT2D eigenvalue weighted by atomic mass is 10.1. The third-order valence-corrected chi connectivity index (χ3v) is 3.21. The van der Waals surface area contributed by atoms with Gasteiger partial charge in [-0.2, -0.15) is 0 Å². The maximum atomic E-state index is 12.9. The van der Waals surface area contributed by atoms with Gasteiger partial charge in [-0.1, -0.05) is 12.1 Å². The van der Waals surface area contributed by atoms with Crippen LogP contribution in [0.15, 0.2) is 36.5 Å². The molecule has 22 heavy (non-hydrogen) atoms. The van der Waals surface area contributed by atoms with E-state index in [4.69, 9.17) is 0 Å². The average molecular weight is 303 g/mol. The van der Waals surface area contributed by atoms with E-state index < -0.39 is 6.04 Å². The van der Waals surface area contributed by atoms with Gasteiger partial charge in [0.1, 0.15) is 11.9 Å². The summed E-state index contributed by atoms with van der Waals surface area (Å²) in [5.74, 6) is -0.284. The van der Waals surface area contributed by atoms with E-state index in [2.05, 4.69) is 10.3 Å². The molecule has 1 atom stereocenters. The molecular formula is C16H18FN3O2. The number of anilines is 1. The quantitative estimate of drug-likeness (QED) is 0.910. The molecule has 2 rings (SSSR count). The van der Waals surface area contributed by atoms with Gasteiger partial charge in [-0.05, 0) is 30.7 Å². The summed E-state index contributed by atoms with van der Waals surface area (Å²) >= 11 is 0. The van der Waals surface area contributed by atoms with Crippen molar-refractivity contribution in [2.45, 2.75) is 13.0 Å². The molecule has 0 aliphatic rings. The zero-order valence-electron chi connectivity index (χ0n) is 12.7. The molecule has 1 amide bonds. The Labute approximate surface area is 128 Å². The number of hydrogen-bond donors (Lipinski definition) is 2. The van der Waals surface area contributed by atoms with E-state index in [-0.39, 0.29) is 23.3 Å². The number of likely N-dealkylation sites (N-methyl/N-ethyl adjacent to an activating group) is 1. The van der Waals surface area contributed by atoms with Gasteiger partial charge in [0.05, 0.1) is 0 Å². The van der Waals surface area contributed by atoms with Crippen molar-refractivity contribution in [1.29, 1.82) is 0 Å². The van der Waals surface area contributed by atoms with E-state index in [9.17, 15) is 14.3 Å². The first kappa shape index (κ1) is 15.8. The molecule has 0 spiro atoms. The van der Waals surface area contributed by atoms with Gasteiger partial charge < -0.3 is 15.3 Å². The molecule has 0 fully saturated rings. The van der Waals surface area contributed by atoms with Crippen molar-refractivity contribution in [1.82, 2.24) is 9.88 Å². The van der Waals surface area contributed by atoms with Gasteiger partial charge in [0, 0.05) is 25.9 Å². The van der Waals surface area contributed by atoms with Gasteiger partial charge >= 0.3 is 0 Å². The molecule has 6 heteroatoms. The first-order valence-corrected chi connectivity index (χ1v) is 6.81. The van der Waals surface area contributed by atoms with Crippen LogP contribution in [0.2, 0.25) is 0 Å². The number of nitrogens with zero attached hydrogens (tertiary/aromatic N) is 2. The Morgan fingerprint density at radius 1 is 1.27 bits per heavy atom. The Hall–Kier alpha value is -2.63. The van der Waals surface area contributed by atoms with Crippen molar-refractivity contribution in [3.63, 3.8) is 0 Å². The second-order valence-electron chi connectivity index (χ2n) is 5.20. The molecule has 0 bridgehead atoms. The van der Waals surface area contributed by atoms with Crippen molar-refractivity contribution in [3.8, 4) is 16.9 Å². The Morgan fingerprint density at radius 3 is 2.45 bits per heavy atom. The number of rotatable bonds is 4. The highest BCUT2D eigenvalue weighted by atomic mass is 19.1. The highest BCUT2D eigenvalue weighted by Gasteiger charge is 2.17. The van der Waals surface area contributed by atoms with Crippen LogP contribution in [0.1, 0.15) is 6.92 Å². The Kier molecular flexibility index (Phi) is 4.60. The first-order chi connectivity index (χ1) is 10.4. The summed E-state index contributed by atoms with van der Waals surface area (Å²) in [7, 11) is 3.32. The Morgan fingerprint density at radius 2 is 1.91 bits per heavy atom. The summed E-state index contributed by atoms with van der Waals surface area (Å²) in [4.78, 5) is 17.4. The van der Waals surface area contributed by atoms with Crippen LogP contribution in [0.3, 0.4) is 0 Å². The molecule has 5 nitrogen and oxygen atoms in total. The molecule has 0 radical (unpaired) electrons. The van der Waals surface area contributed by atoms with Gasteiger partial charge in [0.25, 0.3) is 0 Å². The highest BCUT2D eigenvalue weighted by Crippen LogP contribution is 2.28. The lowest BCUT2D eigenvalue weighted by Gasteiger charge is -2.19. The van der Waals surface area contributed by atoms with Crippen molar-refractivity contribution < 1.29 is 14.3 Å². The van der Waals surface area contributed by atoms with Gasteiger partial charge in [0.15, 0.2) is 11.6 Å². The minimum absolute atomic E-state index is 0.0692. The standard InChI is InChI=1S/C16H18FN3O2/c1-10(16(22)20(2)3)19-15-14(21)8-12(9-18-15)11-4-6-13(17)7-5-11/h4-10,21H,1-3H3,(H,18,19). The van der Waals surface area contributed by atoms with E-state index in [0.717, 1.165) is 5.56 Å².